The van der Waals surface area contributed by atoms with Crippen molar-refractivity contribution in [1.29, 1.82) is 0 Å². The first-order valence-corrected chi connectivity index (χ1v) is 9.26. The van der Waals surface area contributed by atoms with E-state index in [-0.39, 0.29) is 16.5 Å². The molecule has 3 rings (SSSR count). The molecule has 1 aromatic rings. The molecule has 4 nitrogen and oxygen atoms in total. The average Bonchev–Trinajstić information content (AvgIpc) is 3.32. The smallest absolute Gasteiger partial charge is 0.240 e. The maximum atomic E-state index is 12.3. The van der Waals surface area contributed by atoms with E-state index >= 15 is 0 Å². The van der Waals surface area contributed by atoms with Crippen LogP contribution in [-0.2, 0) is 16.6 Å². The van der Waals surface area contributed by atoms with Crippen molar-refractivity contribution in [3.8, 4) is 0 Å². The summed E-state index contributed by atoms with van der Waals surface area (Å²) in [5.41, 5.74) is 0.532. The Morgan fingerprint density at radius 3 is 2.33 bits per heavy atom. The topological polar surface area (TPSA) is 66.4 Å². The maximum absolute atomic E-state index is 12.3. The number of hydrogen-bond donors (Lipinski definition) is 2. The number of benzene rings is 1. The molecule has 0 aliphatic heterocycles. The fraction of sp³-hybridized carbons (Fsp3) is 0.600. The van der Waals surface area contributed by atoms with Crippen LogP contribution in [0.1, 0.15) is 31.2 Å². The normalized spacial score (nSPS) is 19.2. The van der Waals surface area contributed by atoms with Crippen molar-refractivity contribution in [3.63, 3.8) is 0 Å². The molecular formula is C15H20ClNO3S. The molecule has 0 spiro atoms. The molecule has 6 heteroatoms. The molecule has 0 saturated heterocycles. The summed E-state index contributed by atoms with van der Waals surface area (Å²) in [5, 5.41) is 9.35. The minimum Gasteiger partial charge on any atom is -0.392 e. The van der Waals surface area contributed by atoms with Crippen molar-refractivity contribution in [1.82, 2.24) is 4.72 Å². The molecule has 2 aliphatic rings. The van der Waals surface area contributed by atoms with Gasteiger partial charge in [0.1, 0.15) is 0 Å². The summed E-state index contributed by atoms with van der Waals surface area (Å²) in [4.78, 5) is 0.162. The molecule has 0 heterocycles. The van der Waals surface area contributed by atoms with Crippen molar-refractivity contribution in [2.75, 3.05) is 6.54 Å². The van der Waals surface area contributed by atoms with Crippen LogP contribution in [0, 0.1) is 17.8 Å². The lowest BCUT2D eigenvalue weighted by atomic mass is 9.99. The first kappa shape index (κ1) is 15.3. The monoisotopic (exact) mass is 329 g/mol. The molecule has 2 N–H and O–H groups in total. The van der Waals surface area contributed by atoms with Gasteiger partial charge in [0, 0.05) is 11.6 Å². The van der Waals surface area contributed by atoms with Gasteiger partial charge in [-0.05, 0) is 61.1 Å². The quantitative estimate of drug-likeness (QED) is 0.808. The van der Waals surface area contributed by atoms with E-state index in [1.54, 1.807) is 6.07 Å². The zero-order valence-corrected chi connectivity index (χ0v) is 13.3. The molecule has 2 fully saturated rings. The Morgan fingerprint density at radius 1 is 1.24 bits per heavy atom. The van der Waals surface area contributed by atoms with E-state index < -0.39 is 10.0 Å². The minimum atomic E-state index is -3.53. The minimum absolute atomic E-state index is 0.162. The third-order valence-electron chi connectivity index (χ3n) is 4.47. The summed E-state index contributed by atoms with van der Waals surface area (Å²) in [7, 11) is -3.53. The second-order valence-corrected chi connectivity index (χ2v) is 8.28. The van der Waals surface area contributed by atoms with E-state index in [4.69, 9.17) is 16.7 Å². The Kier molecular flexibility index (Phi) is 4.28. The zero-order chi connectivity index (χ0) is 15.0. The van der Waals surface area contributed by atoms with Crippen LogP contribution in [0.15, 0.2) is 23.1 Å². The lowest BCUT2D eigenvalue weighted by Gasteiger charge is -2.16. The predicted octanol–water partition coefficient (Wildman–Crippen LogP) is 2.55. The van der Waals surface area contributed by atoms with E-state index in [0.29, 0.717) is 29.9 Å². The summed E-state index contributed by atoms with van der Waals surface area (Å²) in [6, 6.07) is 4.44. The van der Waals surface area contributed by atoms with Crippen LogP contribution in [0.5, 0.6) is 0 Å². The highest BCUT2D eigenvalue weighted by Crippen LogP contribution is 2.48. The summed E-state index contributed by atoms with van der Waals surface area (Å²) in [6.45, 7) is 0.328. The lowest BCUT2D eigenvalue weighted by Crippen LogP contribution is -2.31. The van der Waals surface area contributed by atoms with Gasteiger partial charge in [-0.2, -0.15) is 0 Å². The first-order valence-electron chi connectivity index (χ1n) is 7.40. The Labute approximate surface area is 130 Å². The van der Waals surface area contributed by atoms with Crippen molar-refractivity contribution in [3.05, 3.63) is 28.8 Å². The number of hydrogen-bond acceptors (Lipinski definition) is 3. The van der Waals surface area contributed by atoms with Crippen LogP contribution in [0.3, 0.4) is 0 Å². The van der Waals surface area contributed by atoms with Gasteiger partial charge < -0.3 is 5.11 Å². The zero-order valence-electron chi connectivity index (χ0n) is 11.8. The molecule has 0 bridgehead atoms. The maximum Gasteiger partial charge on any atom is 0.240 e. The highest BCUT2D eigenvalue weighted by molar-refractivity contribution is 7.89. The van der Waals surface area contributed by atoms with Crippen molar-refractivity contribution < 1.29 is 13.5 Å². The number of halogens is 1. The van der Waals surface area contributed by atoms with Gasteiger partial charge in [0.25, 0.3) is 0 Å². The summed E-state index contributed by atoms with van der Waals surface area (Å²) < 4.78 is 27.4. The Bertz CT molecular complexity index is 612. The number of aliphatic hydroxyl groups excluding tert-OH is 1. The van der Waals surface area contributed by atoms with Crippen molar-refractivity contribution >= 4 is 21.6 Å². The van der Waals surface area contributed by atoms with E-state index in [1.807, 2.05) is 0 Å². The van der Waals surface area contributed by atoms with Gasteiger partial charge in [-0.1, -0.05) is 17.7 Å². The molecular weight excluding hydrogens is 310 g/mol. The molecule has 2 saturated carbocycles. The highest BCUT2D eigenvalue weighted by atomic mass is 35.5. The number of rotatable bonds is 7. The molecule has 0 aromatic heterocycles. The molecule has 0 radical (unpaired) electrons. The fourth-order valence-corrected chi connectivity index (χ4v) is 4.28. The van der Waals surface area contributed by atoms with Gasteiger partial charge in [-0.15, -0.1) is 0 Å². The van der Waals surface area contributed by atoms with E-state index in [2.05, 4.69) is 4.72 Å². The summed E-state index contributed by atoms with van der Waals surface area (Å²) in [6.07, 6.45) is 4.94. The van der Waals surface area contributed by atoms with Crippen LogP contribution in [0.25, 0.3) is 0 Å². The van der Waals surface area contributed by atoms with Gasteiger partial charge in [0.15, 0.2) is 0 Å². The second-order valence-electron chi connectivity index (χ2n) is 6.10. The molecule has 116 valence electrons. The highest BCUT2D eigenvalue weighted by Gasteiger charge is 2.41. The predicted molar refractivity (Wildman–Crippen MR) is 81.5 cm³/mol. The second kappa shape index (κ2) is 5.88. The van der Waals surface area contributed by atoms with Crippen LogP contribution >= 0.6 is 11.6 Å². The Balaban J connectivity index is 1.69. The number of sulfonamides is 1. The summed E-state index contributed by atoms with van der Waals surface area (Å²) >= 11 is 5.97. The lowest BCUT2D eigenvalue weighted by molar-refractivity contribution is 0.282. The SMILES string of the molecule is O=S(=O)(NCC(C1CC1)C1CC1)c1ccc(CO)c(Cl)c1. The van der Waals surface area contributed by atoms with Crippen LogP contribution < -0.4 is 4.72 Å². The van der Waals surface area contributed by atoms with E-state index in [1.165, 1.54) is 37.8 Å². The third kappa shape index (κ3) is 3.59. The Hall–Kier alpha value is -0.620. The molecule has 0 atom stereocenters. The molecule has 1 aromatic carbocycles. The van der Waals surface area contributed by atoms with Crippen LogP contribution in [0.4, 0.5) is 0 Å². The number of nitrogens with one attached hydrogen (secondary N) is 1. The standard InChI is InChI=1S/C15H20ClNO3S/c16-15-7-13(6-5-12(15)9-18)21(19,20)17-8-14(10-1-2-10)11-3-4-11/h5-7,10-11,14,17-18H,1-4,8-9H2. The molecule has 0 unspecified atom stereocenters. The first-order chi connectivity index (χ1) is 10.0. The fourth-order valence-electron chi connectivity index (χ4n) is 2.88. The third-order valence-corrected chi connectivity index (χ3v) is 6.24. The largest absolute Gasteiger partial charge is 0.392 e. The van der Waals surface area contributed by atoms with Gasteiger partial charge in [0.2, 0.25) is 10.0 Å². The van der Waals surface area contributed by atoms with Crippen LogP contribution in [0.2, 0.25) is 5.02 Å². The van der Waals surface area contributed by atoms with E-state index in [0.717, 1.165) is 0 Å². The Morgan fingerprint density at radius 2 is 1.86 bits per heavy atom. The average molecular weight is 330 g/mol. The van der Waals surface area contributed by atoms with Crippen molar-refractivity contribution in [2.45, 2.75) is 37.2 Å². The van der Waals surface area contributed by atoms with Gasteiger partial charge in [-0.3, -0.25) is 0 Å². The number of aliphatic hydroxyl groups is 1. The summed E-state index contributed by atoms with van der Waals surface area (Å²) in [5.74, 6) is 1.91. The van der Waals surface area contributed by atoms with Gasteiger partial charge >= 0.3 is 0 Å². The molecule has 0 amide bonds. The van der Waals surface area contributed by atoms with Crippen molar-refractivity contribution in [2.24, 2.45) is 17.8 Å². The van der Waals surface area contributed by atoms with Gasteiger partial charge in [-0.25, -0.2) is 13.1 Å². The van der Waals surface area contributed by atoms with Crippen LogP contribution in [-0.4, -0.2) is 20.1 Å². The van der Waals surface area contributed by atoms with Gasteiger partial charge in [0.05, 0.1) is 11.5 Å². The molecule has 21 heavy (non-hydrogen) atoms. The van der Waals surface area contributed by atoms with E-state index in [9.17, 15) is 8.42 Å². The molecule has 2 aliphatic carbocycles.